The van der Waals surface area contributed by atoms with Crippen molar-refractivity contribution in [1.29, 1.82) is 0 Å². The van der Waals surface area contributed by atoms with Crippen LogP contribution in [0.4, 0.5) is 0 Å². The molecule has 0 spiro atoms. The monoisotopic (exact) mass is 506 g/mol. The van der Waals surface area contributed by atoms with Gasteiger partial charge in [0, 0.05) is 6.42 Å². The van der Waals surface area contributed by atoms with E-state index in [1.54, 1.807) is 44.2 Å². The molecule has 36 heavy (non-hydrogen) atoms. The Kier molecular flexibility index (Phi) is 12.6. The summed E-state index contributed by atoms with van der Waals surface area (Å²) in [5, 5.41) is 26.2. The van der Waals surface area contributed by atoms with E-state index in [-0.39, 0.29) is 18.3 Å². The molecule has 7 N–H and O–H groups in total. The molecule has 1 aromatic carbocycles. The van der Waals surface area contributed by atoms with Gasteiger partial charge in [0.1, 0.15) is 18.1 Å². The summed E-state index contributed by atoms with van der Waals surface area (Å²) < 4.78 is 0. The predicted molar refractivity (Wildman–Crippen MR) is 133 cm³/mol. The van der Waals surface area contributed by atoms with E-state index in [2.05, 4.69) is 16.0 Å². The van der Waals surface area contributed by atoms with Crippen LogP contribution in [0.25, 0.3) is 0 Å². The van der Waals surface area contributed by atoms with Crippen molar-refractivity contribution in [1.82, 2.24) is 16.0 Å². The summed E-state index contributed by atoms with van der Waals surface area (Å²) in [6, 6.07) is 4.20. The first-order valence-corrected chi connectivity index (χ1v) is 12.1. The van der Waals surface area contributed by atoms with E-state index >= 15 is 0 Å². The number of rotatable bonds is 15. The average Bonchev–Trinajstić information content (AvgIpc) is 2.83. The molecule has 200 valence electrons. The second-order valence-electron chi connectivity index (χ2n) is 9.04. The number of hydrogen-bond donors (Lipinski definition) is 6. The first-order valence-electron chi connectivity index (χ1n) is 12.1. The van der Waals surface area contributed by atoms with Gasteiger partial charge in [-0.3, -0.25) is 19.2 Å². The lowest BCUT2D eigenvalue weighted by molar-refractivity contribution is -0.143. The number of aliphatic carboxylic acids is 2. The molecule has 0 fully saturated rings. The van der Waals surface area contributed by atoms with Gasteiger partial charge in [0.05, 0.1) is 12.5 Å². The summed E-state index contributed by atoms with van der Waals surface area (Å²) in [5.41, 5.74) is 6.38. The van der Waals surface area contributed by atoms with Crippen LogP contribution in [0.5, 0.6) is 0 Å². The number of hydrogen-bond acceptors (Lipinski definition) is 6. The van der Waals surface area contributed by atoms with Gasteiger partial charge in [0.15, 0.2) is 0 Å². The summed E-state index contributed by atoms with van der Waals surface area (Å²) in [6.07, 6.45) is 0.500. The molecule has 11 nitrogen and oxygen atoms in total. The van der Waals surface area contributed by atoms with E-state index < -0.39 is 60.2 Å². The molecule has 3 amide bonds. The quantitative estimate of drug-likeness (QED) is 0.200. The largest absolute Gasteiger partial charge is 0.481 e. The van der Waals surface area contributed by atoms with Crippen molar-refractivity contribution in [3.63, 3.8) is 0 Å². The molecular weight excluding hydrogens is 468 g/mol. The Morgan fingerprint density at radius 1 is 0.806 bits per heavy atom. The highest BCUT2D eigenvalue weighted by Gasteiger charge is 2.33. The number of benzene rings is 1. The molecule has 0 saturated carbocycles. The molecule has 0 aliphatic rings. The summed E-state index contributed by atoms with van der Waals surface area (Å²) in [5.74, 6) is -5.27. The molecule has 6 atom stereocenters. The summed E-state index contributed by atoms with van der Waals surface area (Å²) >= 11 is 0. The fraction of sp³-hybridized carbons (Fsp3) is 0.560. The normalized spacial score (nSPS) is 15.9. The van der Waals surface area contributed by atoms with E-state index in [9.17, 15) is 29.1 Å². The fourth-order valence-electron chi connectivity index (χ4n) is 3.50. The number of nitrogens with one attached hydrogen (secondary N) is 3. The summed E-state index contributed by atoms with van der Waals surface area (Å²) in [4.78, 5) is 61.5. The van der Waals surface area contributed by atoms with Crippen molar-refractivity contribution in [2.45, 2.75) is 77.5 Å². The zero-order chi connectivity index (χ0) is 27.4. The molecular formula is C25H38N4O7. The van der Waals surface area contributed by atoms with E-state index in [0.29, 0.717) is 12.8 Å². The maximum atomic E-state index is 13.3. The lowest BCUT2D eigenvalue weighted by Gasteiger charge is -2.28. The first-order chi connectivity index (χ1) is 16.9. The van der Waals surface area contributed by atoms with Gasteiger partial charge in [-0.2, -0.15) is 0 Å². The molecule has 0 aliphatic heterocycles. The van der Waals surface area contributed by atoms with Crippen LogP contribution in [0, 0.1) is 11.8 Å². The standard InChI is InChI=1S/C25H38N4O7/c1-5-14(3)20(28-22(32)17(26)13-19(30)31)24(34)27-18(12-16-10-8-7-9-11-16)23(33)29-21(25(35)36)15(4)6-2/h7-11,14-15,17-18,20-21H,5-6,12-13,26H2,1-4H3,(H,27,34)(H,28,32)(H,29,33)(H,30,31)(H,35,36). The van der Waals surface area contributed by atoms with Gasteiger partial charge in [-0.1, -0.05) is 70.9 Å². The Bertz CT molecular complexity index is 909. The highest BCUT2D eigenvalue weighted by molar-refractivity contribution is 5.95. The molecule has 1 rings (SSSR count). The molecule has 0 heterocycles. The van der Waals surface area contributed by atoms with Gasteiger partial charge in [0.25, 0.3) is 0 Å². The van der Waals surface area contributed by atoms with Gasteiger partial charge < -0.3 is 31.9 Å². The molecule has 1 aromatic rings. The Balaban J connectivity index is 3.17. The van der Waals surface area contributed by atoms with Crippen LogP contribution in [0.15, 0.2) is 30.3 Å². The third kappa shape index (κ3) is 9.65. The lowest BCUT2D eigenvalue weighted by atomic mass is 9.96. The number of amides is 3. The molecule has 0 bridgehead atoms. The first kappa shape index (κ1) is 30.6. The fourth-order valence-corrected chi connectivity index (χ4v) is 3.50. The number of carbonyl (C=O) groups excluding carboxylic acids is 3. The van der Waals surface area contributed by atoms with Crippen LogP contribution in [0.3, 0.4) is 0 Å². The molecule has 6 unspecified atom stereocenters. The smallest absolute Gasteiger partial charge is 0.326 e. The zero-order valence-corrected chi connectivity index (χ0v) is 21.2. The SMILES string of the molecule is CCC(C)C(NC(=O)C(Cc1ccccc1)NC(=O)C(NC(=O)C(N)CC(=O)O)C(C)CC)C(=O)O. The van der Waals surface area contributed by atoms with Gasteiger partial charge in [-0.05, 0) is 17.4 Å². The molecule has 0 aromatic heterocycles. The minimum atomic E-state index is -1.35. The van der Waals surface area contributed by atoms with Crippen molar-refractivity contribution in [3.05, 3.63) is 35.9 Å². The van der Waals surface area contributed by atoms with Gasteiger partial charge in [-0.25, -0.2) is 4.79 Å². The van der Waals surface area contributed by atoms with E-state index in [1.807, 2.05) is 13.8 Å². The van der Waals surface area contributed by atoms with Crippen LogP contribution >= 0.6 is 0 Å². The second kappa shape index (κ2) is 14.8. The Morgan fingerprint density at radius 3 is 1.83 bits per heavy atom. The van der Waals surface area contributed by atoms with Crippen LogP contribution in [-0.2, 0) is 30.4 Å². The Morgan fingerprint density at radius 2 is 1.33 bits per heavy atom. The van der Waals surface area contributed by atoms with Crippen LogP contribution in [0.2, 0.25) is 0 Å². The third-order valence-electron chi connectivity index (χ3n) is 6.22. The summed E-state index contributed by atoms with van der Waals surface area (Å²) in [7, 11) is 0. The van der Waals surface area contributed by atoms with Gasteiger partial charge >= 0.3 is 11.9 Å². The highest BCUT2D eigenvalue weighted by atomic mass is 16.4. The zero-order valence-electron chi connectivity index (χ0n) is 21.2. The molecule has 0 saturated heterocycles. The predicted octanol–water partition coefficient (Wildman–Crippen LogP) is 0.662. The van der Waals surface area contributed by atoms with Crippen LogP contribution < -0.4 is 21.7 Å². The number of carboxylic acid groups (broad SMARTS) is 2. The van der Waals surface area contributed by atoms with E-state index in [1.165, 1.54) is 0 Å². The topological polar surface area (TPSA) is 188 Å². The summed E-state index contributed by atoms with van der Waals surface area (Å²) in [6.45, 7) is 7.05. The number of carboxylic acids is 2. The molecule has 0 radical (unpaired) electrons. The number of nitrogens with two attached hydrogens (primary N) is 1. The Hall–Kier alpha value is -3.47. The average molecular weight is 507 g/mol. The van der Waals surface area contributed by atoms with E-state index in [4.69, 9.17) is 10.8 Å². The van der Waals surface area contributed by atoms with E-state index in [0.717, 1.165) is 5.56 Å². The minimum Gasteiger partial charge on any atom is -0.481 e. The van der Waals surface area contributed by atoms with Crippen LogP contribution in [0.1, 0.15) is 52.5 Å². The van der Waals surface area contributed by atoms with Crippen LogP contribution in [-0.4, -0.2) is 64.0 Å². The Labute approximate surface area is 211 Å². The molecule has 0 aliphatic carbocycles. The third-order valence-corrected chi connectivity index (χ3v) is 6.22. The van der Waals surface area contributed by atoms with Crippen molar-refractivity contribution < 1.29 is 34.2 Å². The van der Waals surface area contributed by atoms with Crippen molar-refractivity contribution in [2.24, 2.45) is 17.6 Å². The highest BCUT2D eigenvalue weighted by Crippen LogP contribution is 2.12. The molecule has 11 heteroatoms. The van der Waals surface area contributed by atoms with Crippen molar-refractivity contribution in [2.75, 3.05) is 0 Å². The van der Waals surface area contributed by atoms with Crippen molar-refractivity contribution >= 4 is 29.7 Å². The lowest BCUT2D eigenvalue weighted by Crippen LogP contribution is -2.59. The van der Waals surface area contributed by atoms with Crippen molar-refractivity contribution in [3.8, 4) is 0 Å². The van der Waals surface area contributed by atoms with Gasteiger partial charge in [-0.15, -0.1) is 0 Å². The van der Waals surface area contributed by atoms with Gasteiger partial charge in [0.2, 0.25) is 17.7 Å². The maximum Gasteiger partial charge on any atom is 0.326 e. The minimum absolute atomic E-state index is 0.0883. The number of carbonyl (C=O) groups is 5. The maximum absolute atomic E-state index is 13.3. The second-order valence-corrected chi connectivity index (χ2v) is 9.04.